The van der Waals surface area contributed by atoms with Crippen LogP contribution in [-0.4, -0.2) is 54.1 Å². The molecule has 0 unspecified atom stereocenters. The Hall–Kier alpha value is -2.65. The molecule has 2 rings (SSSR count). The molecular formula is C21H29N3O5S. The molecule has 1 amide bonds. The van der Waals surface area contributed by atoms with Gasteiger partial charge in [-0.2, -0.15) is 0 Å². The van der Waals surface area contributed by atoms with Crippen molar-refractivity contribution in [1.82, 2.24) is 10.0 Å². The molecule has 0 fully saturated rings. The van der Waals surface area contributed by atoms with Crippen LogP contribution in [0.4, 0.5) is 5.69 Å². The standard InChI is InChI=1S/C21H29N3O5S/c1-14(2)12-17(21(26)29-5)23-20(25)13-22-30(27,28)19-11-7-8-15-16(19)9-6-10-18(15)24(3)4/h6-11,14,17,22H,12-13H2,1-5H3,(H,23,25)/t17-/m0/s1. The molecule has 0 aromatic heterocycles. The molecule has 2 aromatic rings. The maximum atomic E-state index is 12.9. The van der Waals surface area contributed by atoms with Crippen molar-refractivity contribution >= 4 is 38.4 Å². The van der Waals surface area contributed by atoms with E-state index in [1.807, 2.05) is 45.0 Å². The average molecular weight is 436 g/mol. The van der Waals surface area contributed by atoms with Crippen molar-refractivity contribution < 1.29 is 22.7 Å². The summed E-state index contributed by atoms with van der Waals surface area (Å²) in [6.45, 7) is 3.33. The molecule has 0 aliphatic rings. The van der Waals surface area contributed by atoms with E-state index in [1.165, 1.54) is 13.2 Å². The van der Waals surface area contributed by atoms with E-state index in [4.69, 9.17) is 4.74 Å². The minimum atomic E-state index is -3.95. The Morgan fingerprint density at radius 1 is 1.07 bits per heavy atom. The van der Waals surface area contributed by atoms with Crippen LogP contribution in [0.2, 0.25) is 0 Å². The van der Waals surface area contributed by atoms with E-state index >= 15 is 0 Å². The van der Waals surface area contributed by atoms with E-state index in [1.54, 1.807) is 18.2 Å². The number of benzene rings is 2. The number of sulfonamides is 1. The Bertz CT molecular complexity index is 1020. The first-order valence-corrected chi connectivity index (χ1v) is 11.1. The largest absolute Gasteiger partial charge is 0.467 e. The van der Waals surface area contributed by atoms with Gasteiger partial charge in [0, 0.05) is 30.6 Å². The lowest BCUT2D eigenvalue weighted by Gasteiger charge is -2.19. The van der Waals surface area contributed by atoms with Crippen molar-refractivity contribution in [1.29, 1.82) is 0 Å². The summed E-state index contributed by atoms with van der Waals surface area (Å²) in [6, 6.07) is 9.61. The highest BCUT2D eigenvalue weighted by atomic mass is 32.2. The van der Waals surface area contributed by atoms with E-state index in [0.717, 1.165) is 11.1 Å². The van der Waals surface area contributed by atoms with Crippen LogP contribution in [0.3, 0.4) is 0 Å². The first-order chi connectivity index (χ1) is 14.1. The lowest BCUT2D eigenvalue weighted by Crippen LogP contribution is -2.46. The molecule has 0 aliphatic heterocycles. The Kier molecular flexibility index (Phi) is 7.80. The fraction of sp³-hybridized carbons (Fsp3) is 0.429. The summed E-state index contributed by atoms with van der Waals surface area (Å²) >= 11 is 0. The summed E-state index contributed by atoms with van der Waals surface area (Å²) in [4.78, 5) is 26.1. The average Bonchev–Trinajstić information content (AvgIpc) is 2.69. The van der Waals surface area contributed by atoms with E-state index in [2.05, 4.69) is 10.0 Å². The zero-order valence-electron chi connectivity index (χ0n) is 17.9. The first-order valence-electron chi connectivity index (χ1n) is 9.62. The molecule has 30 heavy (non-hydrogen) atoms. The number of fused-ring (bicyclic) bond motifs is 1. The highest BCUT2D eigenvalue weighted by Crippen LogP contribution is 2.30. The van der Waals surface area contributed by atoms with Crippen molar-refractivity contribution in [2.75, 3.05) is 32.6 Å². The van der Waals surface area contributed by atoms with Crippen LogP contribution >= 0.6 is 0 Å². The Morgan fingerprint density at radius 3 is 2.30 bits per heavy atom. The van der Waals surface area contributed by atoms with Gasteiger partial charge in [0.1, 0.15) is 6.04 Å². The summed E-state index contributed by atoms with van der Waals surface area (Å²) in [7, 11) is 1.05. The number of carbonyl (C=O) groups is 2. The van der Waals surface area contributed by atoms with Gasteiger partial charge < -0.3 is 15.0 Å². The monoisotopic (exact) mass is 435 g/mol. The lowest BCUT2D eigenvalue weighted by atomic mass is 10.0. The molecule has 0 aliphatic carbocycles. The fourth-order valence-electron chi connectivity index (χ4n) is 3.20. The molecule has 2 aromatic carbocycles. The number of carbonyl (C=O) groups excluding carboxylic acids is 2. The van der Waals surface area contributed by atoms with Crippen molar-refractivity contribution in [3.8, 4) is 0 Å². The quantitative estimate of drug-likeness (QED) is 0.583. The molecule has 1 atom stereocenters. The van der Waals surface area contributed by atoms with E-state index in [9.17, 15) is 18.0 Å². The van der Waals surface area contributed by atoms with Crippen molar-refractivity contribution in [3.05, 3.63) is 36.4 Å². The van der Waals surface area contributed by atoms with Crippen LogP contribution in [-0.2, 0) is 24.3 Å². The van der Waals surface area contributed by atoms with Gasteiger partial charge in [-0.1, -0.05) is 38.1 Å². The molecule has 164 valence electrons. The van der Waals surface area contributed by atoms with Crippen LogP contribution < -0.4 is 14.9 Å². The van der Waals surface area contributed by atoms with Gasteiger partial charge in [-0.15, -0.1) is 0 Å². The summed E-state index contributed by atoms with van der Waals surface area (Å²) in [5.74, 6) is -1.03. The van der Waals surface area contributed by atoms with Crippen LogP contribution in [0.5, 0.6) is 0 Å². The third-order valence-electron chi connectivity index (χ3n) is 4.58. The lowest BCUT2D eigenvalue weighted by molar-refractivity contribution is -0.145. The highest BCUT2D eigenvalue weighted by molar-refractivity contribution is 7.89. The molecule has 0 spiro atoms. The Balaban J connectivity index is 2.20. The first kappa shape index (κ1) is 23.6. The summed E-state index contributed by atoms with van der Waals surface area (Å²) in [5, 5.41) is 3.89. The van der Waals surface area contributed by atoms with Gasteiger partial charge in [0.15, 0.2) is 0 Å². The van der Waals surface area contributed by atoms with Gasteiger partial charge in [-0.3, -0.25) is 4.79 Å². The van der Waals surface area contributed by atoms with Crippen LogP contribution in [0.1, 0.15) is 20.3 Å². The normalized spacial score (nSPS) is 12.6. The zero-order chi connectivity index (χ0) is 22.5. The number of rotatable bonds is 9. The Morgan fingerprint density at radius 2 is 1.70 bits per heavy atom. The van der Waals surface area contributed by atoms with Crippen molar-refractivity contribution in [2.24, 2.45) is 5.92 Å². The number of hydrogen-bond acceptors (Lipinski definition) is 6. The van der Waals surface area contributed by atoms with Gasteiger partial charge in [-0.05, 0) is 24.5 Å². The Labute approximate surface area is 177 Å². The number of nitrogens with zero attached hydrogens (tertiary/aromatic N) is 1. The van der Waals surface area contributed by atoms with Gasteiger partial charge in [0.2, 0.25) is 15.9 Å². The number of hydrogen-bond donors (Lipinski definition) is 2. The highest BCUT2D eigenvalue weighted by Gasteiger charge is 2.24. The molecule has 0 heterocycles. The molecule has 0 saturated heterocycles. The summed E-state index contributed by atoms with van der Waals surface area (Å²) in [6.07, 6.45) is 0.391. The molecule has 9 heteroatoms. The number of ether oxygens (including phenoxy) is 1. The van der Waals surface area contributed by atoms with Crippen molar-refractivity contribution in [2.45, 2.75) is 31.2 Å². The number of anilines is 1. The molecule has 2 N–H and O–H groups in total. The van der Waals surface area contributed by atoms with Crippen LogP contribution in [0.15, 0.2) is 41.3 Å². The minimum absolute atomic E-state index is 0.0863. The van der Waals surface area contributed by atoms with Gasteiger partial charge in [-0.25, -0.2) is 17.9 Å². The number of amides is 1. The maximum Gasteiger partial charge on any atom is 0.328 e. The molecule has 8 nitrogen and oxygen atoms in total. The third-order valence-corrected chi connectivity index (χ3v) is 6.04. The molecule has 0 saturated carbocycles. The topological polar surface area (TPSA) is 105 Å². The predicted octanol–water partition coefficient (Wildman–Crippen LogP) is 1.89. The number of esters is 1. The maximum absolute atomic E-state index is 12.9. The fourth-order valence-corrected chi connectivity index (χ4v) is 4.40. The van der Waals surface area contributed by atoms with Gasteiger partial charge >= 0.3 is 5.97 Å². The van der Waals surface area contributed by atoms with Crippen molar-refractivity contribution in [3.63, 3.8) is 0 Å². The second-order valence-corrected chi connectivity index (χ2v) is 9.36. The van der Waals surface area contributed by atoms with Crippen LogP contribution in [0, 0.1) is 5.92 Å². The predicted molar refractivity (Wildman–Crippen MR) is 117 cm³/mol. The van der Waals surface area contributed by atoms with E-state index < -0.39 is 34.5 Å². The minimum Gasteiger partial charge on any atom is -0.467 e. The second kappa shape index (κ2) is 9.90. The number of nitrogens with one attached hydrogen (secondary N) is 2. The van der Waals surface area contributed by atoms with E-state index in [-0.39, 0.29) is 10.8 Å². The molecular weight excluding hydrogens is 406 g/mol. The summed E-state index contributed by atoms with van der Waals surface area (Å²) < 4.78 is 32.8. The van der Waals surface area contributed by atoms with Crippen LogP contribution in [0.25, 0.3) is 10.8 Å². The summed E-state index contributed by atoms with van der Waals surface area (Å²) in [5.41, 5.74) is 0.886. The second-order valence-electron chi connectivity index (χ2n) is 7.62. The molecule has 0 radical (unpaired) electrons. The zero-order valence-corrected chi connectivity index (χ0v) is 18.7. The van der Waals surface area contributed by atoms with E-state index in [0.29, 0.717) is 11.8 Å². The SMILES string of the molecule is COC(=O)[C@H](CC(C)C)NC(=O)CNS(=O)(=O)c1cccc2c(N(C)C)cccc12. The third kappa shape index (κ3) is 5.70. The number of methoxy groups -OCH3 is 1. The van der Waals surface area contributed by atoms with Gasteiger partial charge in [0.05, 0.1) is 18.6 Å². The smallest absolute Gasteiger partial charge is 0.328 e. The van der Waals surface area contributed by atoms with Gasteiger partial charge in [0.25, 0.3) is 0 Å². The molecule has 0 bridgehead atoms.